The third kappa shape index (κ3) is 3.62. The molecule has 1 amide bonds. The zero-order valence-corrected chi connectivity index (χ0v) is 15.1. The molecule has 0 unspecified atom stereocenters. The van der Waals surface area contributed by atoms with Gasteiger partial charge in [-0.2, -0.15) is 0 Å². The summed E-state index contributed by atoms with van der Waals surface area (Å²) in [7, 11) is 1.61. The Morgan fingerprint density at radius 1 is 1.36 bits per heavy atom. The minimum absolute atomic E-state index is 0.0974. The molecular weight excluding hydrogens is 342 g/mol. The fourth-order valence-electron chi connectivity index (χ4n) is 3.24. The zero-order valence-electron chi connectivity index (χ0n) is 14.3. The van der Waals surface area contributed by atoms with Crippen molar-refractivity contribution >= 4 is 33.3 Å². The number of aliphatic carboxylic acids is 1. The Bertz CT molecular complexity index is 807. The number of aryl methyl sites for hydroxylation is 1. The van der Waals surface area contributed by atoms with Gasteiger partial charge >= 0.3 is 5.97 Å². The van der Waals surface area contributed by atoms with E-state index in [2.05, 4.69) is 5.32 Å². The molecule has 0 atom stereocenters. The predicted octanol–water partition coefficient (Wildman–Crippen LogP) is 2.97. The summed E-state index contributed by atoms with van der Waals surface area (Å²) in [5.74, 6) is -0.395. The molecule has 0 radical (unpaired) electrons. The molecule has 0 saturated carbocycles. The number of amides is 1. The van der Waals surface area contributed by atoms with Crippen molar-refractivity contribution < 1.29 is 24.2 Å². The van der Waals surface area contributed by atoms with Gasteiger partial charge in [-0.15, -0.1) is 11.3 Å². The quantitative estimate of drug-likeness (QED) is 0.853. The predicted molar refractivity (Wildman–Crippen MR) is 95.6 cm³/mol. The van der Waals surface area contributed by atoms with E-state index in [0.717, 1.165) is 21.4 Å². The Labute approximate surface area is 149 Å². The molecule has 1 aliphatic heterocycles. The van der Waals surface area contributed by atoms with Gasteiger partial charge in [0.15, 0.2) is 0 Å². The van der Waals surface area contributed by atoms with Crippen LogP contribution in [0, 0.1) is 6.92 Å². The van der Waals surface area contributed by atoms with E-state index in [9.17, 15) is 14.7 Å². The van der Waals surface area contributed by atoms with Gasteiger partial charge in [0.2, 0.25) is 0 Å². The highest BCUT2D eigenvalue weighted by Crippen LogP contribution is 2.34. The molecular formula is C18H21NO5S. The van der Waals surface area contributed by atoms with Crippen LogP contribution in [0.2, 0.25) is 0 Å². The highest BCUT2D eigenvalue weighted by atomic mass is 32.1. The number of nitrogens with one attached hydrogen (secondary N) is 1. The van der Waals surface area contributed by atoms with E-state index in [0.29, 0.717) is 30.9 Å². The van der Waals surface area contributed by atoms with Crippen molar-refractivity contribution in [2.45, 2.75) is 31.7 Å². The van der Waals surface area contributed by atoms with E-state index >= 15 is 0 Å². The molecule has 0 spiro atoms. The van der Waals surface area contributed by atoms with E-state index < -0.39 is 11.5 Å². The summed E-state index contributed by atoms with van der Waals surface area (Å²) in [5.41, 5.74) is 0.135. The molecule has 0 bridgehead atoms. The number of fused-ring (bicyclic) bond motifs is 1. The Hall–Kier alpha value is -2.12. The van der Waals surface area contributed by atoms with Gasteiger partial charge in [-0.3, -0.25) is 9.59 Å². The summed E-state index contributed by atoms with van der Waals surface area (Å²) >= 11 is 1.41. The largest absolute Gasteiger partial charge is 0.497 e. The number of thiophene rings is 1. The van der Waals surface area contributed by atoms with Gasteiger partial charge in [-0.1, -0.05) is 0 Å². The molecule has 1 aromatic heterocycles. The molecule has 3 rings (SSSR count). The lowest BCUT2D eigenvalue weighted by Crippen LogP contribution is -2.53. The number of hydrogen-bond acceptors (Lipinski definition) is 5. The van der Waals surface area contributed by atoms with E-state index in [1.807, 2.05) is 25.1 Å². The van der Waals surface area contributed by atoms with E-state index in [1.54, 1.807) is 7.11 Å². The minimum Gasteiger partial charge on any atom is -0.497 e. The van der Waals surface area contributed by atoms with Crippen molar-refractivity contribution in [3.8, 4) is 5.75 Å². The number of methoxy groups -OCH3 is 1. The van der Waals surface area contributed by atoms with Gasteiger partial charge in [0.05, 0.1) is 23.9 Å². The lowest BCUT2D eigenvalue weighted by molar-refractivity contribution is -0.139. The van der Waals surface area contributed by atoms with E-state index in [4.69, 9.17) is 9.47 Å². The summed E-state index contributed by atoms with van der Waals surface area (Å²) in [5, 5.41) is 13.2. The first-order valence-corrected chi connectivity index (χ1v) is 8.95. The second-order valence-corrected chi connectivity index (χ2v) is 7.39. The molecule has 1 fully saturated rings. The first-order chi connectivity index (χ1) is 11.9. The third-order valence-electron chi connectivity index (χ3n) is 4.67. The van der Waals surface area contributed by atoms with Crippen LogP contribution >= 0.6 is 11.3 Å². The molecule has 1 aromatic carbocycles. The third-order valence-corrected chi connectivity index (χ3v) is 5.94. The lowest BCUT2D eigenvalue weighted by atomic mass is 9.86. The number of carboxylic acid groups (broad SMARTS) is 1. The van der Waals surface area contributed by atoms with Gasteiger partial charge in [0, 0.05) is 17.9 Å². The summed E-state index contributed by atoms with van der Waals surface area (Å²) in [6.45, 7) is 2.81. The van der Waals surface area contributed by atoms with E-state index in [-0.39, 0.29) is 12.3 Å². The number of carbonyl (C=O) groups excluding carboxylic acids is 1. The summed E-state index contributed by atoms with van der Waals surface area (Å²) in [6, 6.07) is 5.72. The summed E-state index contributed by atoms with van der Waals surface area (Å²) in [6.07, 6.45) is 0.908. The Morgan fingerprint density at radius 2 is 2.08 bits per heavy atom. The van der Waals surface area contributed by atoms with Crippen LogP contribution in [0.25, 0.3) is 10.1 Å². The smallest absolute Gasteiger partial charge is 0.305 e. The molecule has 2 aromatic rings. The Morgan fingerprint density at radius 3 is 2.72 bits per heavy atom. The second kappa shape index (κ2) is 7.01. The van der Waals surface area contributed by atoms with Gasteiger partial charge < -0.3 is 19.9 Å². The van der Waals surface area contributed by atoms with Crippen molar-refractivity contribution in [3.63, 3.8) is 0 Å². The molecule has 1 saturated heterocycles. The number of ether oxygens (including phenoxy) is 2. The Kier molecular flexibility index (Phi) is 4.96. The highest BCUT2D eigenvalue weighted by molar-refractivity contribution is 7.21. The lowest BCUT2D eigenvalue weighted by Gasteiger charge is -2.36. The molecule has 6 nitrogen and oxygen atoms in total. The average molecular weight is 363 g/mol. The fourth-order valence-corrected chi connectivity index (χ4v) is 4.32. The van der Waals surface area contributed by atoms with Crippen LogP contribution in [0.4, 0.5) is 0 Å². The number of benzene rings is 1. The minimum atomic E-state index is -0.917. The van der Waals surface area contributed by atoms with Crippen LogP contribution in [0.1, 0.15) is 34.5 Å². The Balaban J connectivity index is 1.90. The highest BCUT2D eigenvalue weighted by Gasteiger charge is 2.37. The van der Waals surface area contributed by atoms with Crippen LogP contribution in [-0.2, 0) is 9.53 Å². The van der Waals surface area contributed by atoms with Crippen molar-refractivity contribution in [2.75, 3.05) is 20.3 Å². The van der Waals surface area contributed by atoms with Crippen LogP contribution in [0.15, 0.2) is 18.2 Å². The standard InChI is InChI=1S/C18H21NO5S/c1-11-13-9-12(23-2)3-4-14(13)25-16(11)17(22)19-18(10-15(20)21)5-7-24-8-6-18/h3-4,9H,5-8,10H2,1-2H3,(H,19,22)(H,20,21). The van der Waals surface area contributed by atoms with Crippen molar-refractivity contribution in [1.82, 2.24) is 5.32 Å². The molecule has 1 aliphatic rings. The SMILES string of the molecule is COc1ccc2sc(C(=O)NC3(CC(=O)O)CCOCC3)c(C)c2c1. The zero-order chi connectivity index (χ0) is 18.0. The van der Waals surface area contributed by atoms with Gasteiger partial charge in [0.1, 0.15) is 5.75 Å². The van der Waals surface area contributed by atoms with Crippen molar-refractivity contribution in [2.24, 2.45) is 0 Å². The van der Waals surface area contributed by atoms with Gasteiger partial charge in [-0.05, 0) is 48.9 Å². The normalized spacial score (nSPS) is 16.6. The molecule has 2 heterocycles. The van der Waals surface area contributed by atoms with E-state index in [1.165, 1.54) is 11.3 Å². The first kappa shape index (κ1) is 17.7. The molecule has 7 heteroatoms. The summed E-state index contributed by atoms with van der Waals surface area (Å²) in [4.78, 5) is 24.8. The second-order valence-electron chi connectivity index (χ2n) is 6.34. The van der Waals surface area contributed by atoms with Crippen LogP contribution in [0.5, 0.6) is 5.75 Å². The van der Waals surface area contributed by atoms with Crippen LogP contribution in [0.3, 0.4) is 0 Å². The topological polar surface area (TPSA) is 84.9 Å². The molecule has 0 aliphatic carbocycles. The number of rotatable bonds is 5. The van der Waals surface area contributed by atoms with Gasteiger partial charge in [-0.25, -0.2) is 0 Å². The van der Waals surface area contributed by atoms with Crippen molar-refractivity contribution in [1.29, 1.82) is 0 Å². The summed E-state index contributed by atoms with van der Waals surface area (Å²) < 4.78 is 11.6. The monoisotopic (exact) mass is 363 g/mol. The van der Waals surface area contributed by atoms with Crippen LogP contribution < -0.4 is 10.1 Å². The van der Waals surface area contributed by atoms with Crippen molar-refractivity contribution in [3.05, 3.63) is 28.6 Å². The number of hydrogen-bond donors (Lipinski definition) is 2. The molecule has 134 valence electrons. The maximum absolute atomic E-state index is 12.9. The maximum Gasteiger partial charge on any atom is 0.305 e. The first-order valence-electron chi connectivity index (χ1n) is 8.13. The maximum atomic E-state index is 12.9. The number of carboxylic acids is 1. The molecule has 2 N–H and O–H groups in total. The van der Waals surface area contributed by atoms with Gasteiger partial charge in [0.25, 0.3) is 5.91 Å². The fraction of sp³-hybridized carbons (Fsp3) is 0.444. The number of carbonyl (C=O) groups is 2. The molecule has 25 heavy (non-hydrogen) atoms. The van der Waals surface area contributed by atoms with Crippen LogP contribution in [-0.4, -0.2) is 42.8 Å². The average Bonchev–Trinajstić information content (AvgIpc) is 2.91.